The van der Waals surface area contributed by atoms with Crippen LogP contribution in [0.25, 0.3) is 0 Å². The molecular weight excluding hydrogens is 348 g/mol. The molecule has 0 aliphatic carbocycles. The molecule has 0 aliphatic heterocycles. The maximum absolute atomic E-state index is 5.41. The van der Waals surface area contributed by atoms with Crippen LogP contribution < -0.4 is 15.4 Å². The number of nitrogens with zero attached hydrogens (tertiary/aromatic N) is 2. The van der Waals surface area contributed by atoms with Gasteiger partial charge in [0.2, 0.25) is 5.95 Å². The average molecular weight is 377 g/mol. The topological polar surface area (TPSA) is 59.1 Å². The molecule has 2 aromatic carbocycles. The molecule has 0 bridgehead atoms. The van der Waals surface area contributed by atoms with Crippen LogP contribution >= 0.6 is 0 Å². The minimum atomic E-state index is 0.435. The average Bonchev–Trinajstić information content (AvgIpc) is 2.68. The molecule has 0 saturated carbocycles. The summed E-state index contributed by atoms with van der Waals surface area (Å²) in [6.07, 6.45) is 0.834. The number of benzene rings is 2. The van der Waals surface area contributed by atoms with Crippen molar-refractivity contribution in [2.24, 2.45) is 0 Å². The van der Waals surface area contributed by atoms with E-state index in [-0.39, 0.29) is 0 Å². The Kier molecular flexibility index (Phi) is 6.48. The van der Waals surface area contributed by atoms with Gasteiger partial charge in [0.15, 0.2) is 0 Å². The summed E-state index contributed by atoms with van der Waals surface area (Å²) in [6, 6.07) is 18.4. The second kappa shape index (κ2) is 9.22. The lowest BCUT2D eigenvalue weighted by atomic mass is 10.0. The highest BCUT2D eigenvalue weighted by molar-refractivity contribution is 5.62. The first kappa shape index (κ1) is 19.7. The van der Waals surface area contributed by atoms with E-state index >= 15 is 0 Å². The fraction of sp³-hybridized carbons (Fsp3) is 0.304. The number of aromatic nitrogens is 2. The van der Waals surface area contributed by atoms with Crippen molar-refractivity contribution in [3.05, 3.63) is 71.4 Å². The first-order valence-electron chi connectivity index (χ1n) is 9.64. The summed E-state index contributed by atoms with van der Waals surface area (Å²) >= 11 is 0. The zero-order valence-corrected chi connectivity index (χ0v) is 17.0. The zero-order chi connectivity index (χ0) is 19.9. The van der Waals surface area contributed by atoms with Crippen LogP contribution in [0.5, 0.6) is 5.75 Å². The van der Waals surface area contributed by atoms with Crippen LogP contribution in [-0.4, -0.2) is 23.6 Å². The first-order valence-corrected chi connectivity index (χ1v) is 9.64. The molecule has 2 N–H and O–H groups in total. The van der Waals surface area contributed by atoms with Gasteiger partial charge in [-0.15, -0.1) is 0 Å². The van der Waals surface area contributed by atoms with Gasteiger partial charge in [0.25, 0.3) is 0 Å². The zero-order valence-electron chi connectivity index (χ0n) is 17.0. The molecule has 0 spiro atoms. The summed E-state index contributed by atoms with van der Waals surface area (Å²) in [4.78, 5) is 9.15. The molecule has 3 aromatic rings. The van der Waals surface area contributed by atoms with Gasteiger partial charge < -0.3 is 15.4 Å². The van der Waals surface area contributed by atoms with Crippen molar-refractivity contribution >= 4 is 17.5 Å². The van der Waals surface area contributed by atoms with Gasteiger partial charge in [0.05, 0.1) is 7.11 Å². The molecule has 146 valence electrons. The predicted octanol–water partition coefficient (Wildman–Crippen LogP) is 5.32. The predicted molar refractivity (Wildman–Crippen MR) is 116 cm³/mol. The van der Waals surface area contributed by atoms with Crippen LogP contribution in [0, 0.1) is 6.92 Å². The standard InChI is InChI=1S/C23H28N4O/c1-16(2)19-10-6-7-11-20(19)26-22-15-17(3)25-23(27-22)24-14-13-18-9-5-8-12-21(18)28-4/h5-12,15-16H,13-14H2,1-4H3,(H2,24,25,26,27). The Balaban J connectivity index is 1.70. The highest BCUT2D eigenvalue weighted by atomic mass is 16.5. The fourth-order valence-electron chi connectivity index (χ4n) is 3.18. The van der Waals surface area contributed by atoms with Crippen LogP contribution in [0.3, 0.4) is 0 Å². The van der Waals surface area contributed by atoms with Gasteiger partial charge in [-0.2, -0.15) is 4.98 Å². The molecule has 28 heavy (non-hydrogen) atoms. The largest absolute Gasteiger partial charge is 0.496 e. The molecule has 0 amide bonds. The second-order valence-electron chi connectivity index (χ2n) is 7.07. The summed E-state index contributed by atoms with van der Waals surface area (Å²) in [5.41, 5.74) is 4.42. The fourth-order valence-corrected chi connectivity index (χ4v) is 3.18. The number of methoxy groups -OCH3 is 1. The summed E-state index contributed by atoms with van der Waals surface area (Å²) in [5, 5.41) is 6.78. The quantitative estimate of drug-likeness (QED) is 0.557. The number of ether oxygens (including phenoxy) is 1. The van der Waals surface area contributed by atoms with E-state index in [2.05, 4.69) is 58.7 Å². The third-order valence-corrected chi connectivity index (χ3v) is 4.57. The van der Waals surface area contributed by atoms with Crippen molar-refractivity contribution in [3.63, 3.8) is 0 Å². The van der Waals surface area contributed by atoms with E-state index in [0.29, 0.717) is 11.9 Å². The monoisotopic (exact) mass is 376 g/mol. The van der Waals surface area contributed by atoms with E-state index < -0.39 is 0 Å². The number of anilines is 3. The Morgan fingerprint density at radius 2 is 1.75 bits per heavy atom. The molecule has 0 aliphatic rings. The van der Waals surface area contributed by atoms with Gasteiger partial charge in [0.1, 0.15) is 11.6 Å². The minimum Gasteiger partial charge on any atom is -0.496 e. The number of nitrogens with one attached hydrogen (secondary N) is 2. The van der Waals surface area contributed by atoms with Gasteiger partial charge in [0, 0.05) is 24.0 Å². The highest BCUT2D eigenvalue weighted by Crippen LogP contribution is 2.26. The van der Waals surface area contributed by atoms with Gasteiger partial charge in [-0.1, -0.05) is 50.2 Å². The summed E-state index contributed by atoms with van der Waals surface area (Å²) < 4.78 is 5.41. The highest BCUT2D eigenvalue weighted by Gasteiger charge is 2.08. The maximum atomic E-state index is 5.41. The van der Waals surface area contributed by atoms with Crippen LogP contribution in [0.2, 0.25) is 0 Å². The van der Waals surface area contributed by atoms with E-state index in [9.17, 15) is 0 Å². The Labute approximate surface area is 167 Å². The lowest BCUT2D eigenvalue weighted by Gasteiger charge is -2.15. The Morgan fingerprint density at radius 3 is 2.54 bits per heavy atom. The van der Waals surface area contributed by atoms with Crippen molar-refractivity contribution < 1.29 is 4.74 Å². The van der Waals surface area contributed by atoms with Gasteiger partial charge >= 0.3 is 0 Å². The van der Waals surface area contributed by atoms with Crippen molar-refractivity contribution in [1.82, 2.24) is 9.97 Å². The van der Waals surface area contributed by atoms with E-state index in [1.54, 1.807) is 7.11 Å². The lowest BCUT2D eigenvalue weighted by Crippen LogP contribution is -2.10. The van der Waals surface area contributed by atoms with Gasteiger partial charge in [-0.3, -0.25) is 0 Å². The lowest BCUT2D eigenvalue weighted by molar-refractivity contribution is 0.410. The molecule has 5 heteroatoms. The van der Waals surface area contributed by atoms with Gasteiger partial charge in [-0.05, 0) is 42.5 Å². The number of aryl methyl sites for hydroxylation is 1. The molecular formula is C23H28N4O. The number of hydrogen-bond acceptors (Lipinski definition) is 5. The van der Waals surface area contributed by atoms with E-state index in [1.165, 1.54) is 5.56 Å². The summed E-state index contributed by atoms with van der Waals surface area (Å²) in [5.74, 6) is 2.76. The van der Waals surface area contributed by atoms with Crippen LogP contribution in [-0.2, 0) is 6.42 Å². The number of para-hydroxylation sites is 2. The number of hydrogen-bond donors (Lipinski definition) is 2. The molecule has 1 aromatic heterocycles. The molecule has 3 rings (SSSR count). The van der Waals surface area contributed by atoms with Gasteiger partial charge in [-0.25, -0.2) is 4.98 Å². The molecule has 0 radical (unpaired) electrons. The van der Waals surface area contributed by atoms with Crippen molar-refractivity contribution in [2.45, 2.75) is 33.1 Å². The Bertz CT molecular complexity index is 924. The third-order valence-electron chi connectivity index (χ3n) is 4.57. The minimum absolute atomic E-state index is 0.435. The van der Waals surface area contributed by atoms with Crippen LogP contribution in [0.4, 0.5) is 17.5 Å². The van der Waals surface area contributed by atoms with Crippen LogP contribution in [0.1, 0.15) is 36.6 Å². The summed E-state index contributed by atoms with van der Waals surface area (Å²) in [6.45, 7) is 7.09. The SMILES string of the molecule is COc1ccccc1CCNc1nc(C)cc(Nc2ccccc2C(C)C)n1. The molecule has 0 unspecified atom stereocenters. The smallest absolute Gasteiger partial charge is 0.224 e. The number of rotatable bonds is 8. The van der Waals surface area contributed by atoms with E-state index in [4.69, 9.17) is 4.74 Å². The first-order chi connectivity index (χ1) is 13.6. The normalized spacial score (nSPS) is 10.8. The van der Waals surface area contributed by atoms with E-state index in [1.807, 2.05) is 37.3 Å². The maximum Gasteiger partial charge on any atom is 0.224 e. The second-order valence-corrected chi connectivity index (χ2v) is 7.07. The molecule has 5 nitrogen and oxygen atoms in total. The Morgan fingerprint density at radius 1 is 1.00 bits per heavy atom. The molecule has 0 saturated heterocycles. The van der Waals surface area contributed by atoms with Crippen LogP contribution in [0.15, 0.2) is 54.6 Å². The molecule has 0 atom stereocenters. The van der Waals surface area contributed by atoms with Crippen molar-refractivity contribution in [2.75, 3.05) is 24.3 Å². The Hall–Kier alpha value is -3.08. The summed E-state index contributed by atoms with van der Waals surface area (Å²) in [7, 11) is 1.70. The van der Waals surface area contributed by atoms with Crippen molar-refractivity contribution in [3.8, 4) is 5.75 Å². The molecule has 0 fully saturated rings. The van der Waals surface area contributed by atoms with E-state index in [0.717, 1.165) is 41.5 Å². The van der Waals surface area contributed by atoms with Crippen molar-refractivity contribution in [1.29, 1.82) is 0 Å². The molecule has 1 heterocycles. The third kappa shape index (κ3) is 5.00.